The number of nitrogens with one attached hydrogen (secondary N) is 1. The van der Waals surface area contributed by atoms with Crippen LogP contribution in [0.5, 0.6) is 0 Å². The highest BCUT2D eigenvalue weighted by atomic mass is 16.5. The number of anilines is 1. The Bertz CT molecular complexity index is 530. The van der Waals surface area contributed by atoms with Gasteiger partial charge in [-0.2, -0.15) is 0 Å². The quantitative estimate of drug-likeness (QED) is 0.815. The fourth-order valence-corrected chi connectivity index (χ4v) is 2.77. The van der Waals surface area contributed by atoms with Gasteiger partial charge in [-0.05, 0) is 30.5 Å². The van der Waals surface area contributed by atoms with Gasteiger partial charge < -0.3 is 9.84 Å². The van der Waals surface area contributed by atoms with Gasteiger partial charge in [-0.25, -0.2) is 4.79 Å². The monoisotopic (exact) mass is 289 g/mol. The van der Waals surface area contributed by atoms with Gasteiger partial charge >= 0.3 is 12.1 Å². The summed E-state index contributed by atoms with van der Waals surface area (Å²) in [5.41, 5.74) is 0.589. The van der Waals surface area contributed by atoms with Crippen LogP contribution in [0.3, 0.4) is 0 Å². The van der Waals surface area contributed by atoms with E-state index in [-0.39, 0.29) is 6.61 Å². The second-order valence-electron chi connectivity index (χ2n) is 5.18. The number of ether oxygens (including phenoxy) is 1. The molecular weight excluding hydrogens is 270 g/mol. The number of rotatable bonds is 5. The highest BCUT2D eigenvalue weighted by Gasteiger charge is 2.42. The standard InChI is InChI=1S/C16H19NO4/c1-2-11-21-15(20)17-13-7-5-12(6-8-13)16(14(18)19)9-3-4-10-16/h2,5-8H,1,3-4,9-11H2,(H,17,20)(H,18,19). The summed E-state index contributed by atoms with van der Waals surface area (Å²) in [4.78, 5) is 23.0. The summed E-state index contributed by atoms with van der Waals surface area (Å²) < 4.78 is 4.82. The minimum atomic E-state index is -0.776. The van der Waals surface area contributed by atoms with Gasteiger partial charge in [-0.1, -0.05) is 37.6 Å². The van der Waals surface area contributed by atoms with E-state index in [4.69, 9.17) is 4.74 Å². The number of carbonyl (C=O) groups is 2. The normalized spacial score (nSPS) is 16.2. The summed E-state index contributed by atoms with van der Waals surface area (Å²) in [6, 6.07) is 6.94. The van der Waals surface area contributed by atoms with Gasteiger partial charge in [0.1, 0.15) is 6.61 Å². The smallest absolute Gasteiger partial charge is 0.411 e. The Morgan fingerprint density at radius 1 is 1.29 bits per heavy atom. The highest BCUT2D eigenvalue weighted by Crippen LogP contribution is 2.41. The molecule has 0 radical (unpaired) electrons. The number of hydrogen-bond acceptors (Lipinski definition) is 3. The largest absolute Gasteiger partial charge is 0.481 e. The third kappa shape index (κ3) is 3.24. The Labute approximate surface area is 123 Å². The molecule has 112 valence electrons. The third-order valence-electron chi connectivity index (χ3n) is 3.88. The molecule has 1 aromatic carbocycles. The van der Waals surface area contributed by atoms with E-state index in [0.717, 1.165) is 18.4 Å². The van der Waals surface area contributed by atoms with Crippen molar-refractivity contribution >= 4 is 17.7 Å². The second-order valence-corrected chi connectivity index (χ2v) is 5.18. The zero-order chi connectivity index (χ0) is 15.3. The molecule has 21 heavy (non-hydrogen) atoms. The molecule has 1 amide bonds. The molecular formula is C16H19NO4. The summed E-state index contributed by atoms with van der Waals surface area (Å²) >= 11 is 0. The maximum atomic E-state index is 11.6. The number of hydrogen-bond donors (Lipinski definition) is 2. The molecule has 0 aromatic heterocycles. The van der Waals surface area contributed by atoms with Gasteiger partial charge in [-0.15, -0.1) is 0 Å². The minimum Gasteiger partial charge on any atom is -0.481 e. The predicted octanol–water partition coefficient (Wildman–Crippen LogP) is 3.32. The lowest BCUT2D eigenvalue weighted by atomic mass is 9.79. The van der Waals surface area contributed by atoms with Crippen LogP contribution in [-0.4, -0.2) is 23.8 Å². The highest BCUT2D eigenvalue weighted by molar-refractivity contribution is 5.85. The summed E-state index contributed by atoms with van der Waals surface area (Å²) in [6.45, 7) is 3.60. The predicted molar refractivity (Wildman–Crippen MR) is 79.4 cm³/mol. The molecule has 2 N–H and O–H groups in total. The lowest BCUT2D eigenvalue weighted by Crippen LogP contribution is -2.32. The van der Waals surface area contributed by atoms with Crippen molar-refractivity contribution in [1.82, 2.24) is 0 Å². The summed E-state index contributed by atoms with van der Waals surface area (Å²) in [5, 5.41) is 12.1. The van der Waals surface area contributed by atoms with Crippen LogP contribution >= 0.6 is 0 Å². The van der Waals surface area contributed by atoms with Crippen molar-refractivity contribution in [3.8, 4) is 0 Å². The van der Waals surface area contributed by atoms with E-state index < -0.39 is 17.5 Å². The van der Waals surface area contributed by atoms with E-state index >= 15 is 0 Å². The Balaban J connectivity index is 2.09. The number of benzene rings is 1. The summed E-state index contributed by atoms with van der Waals surface area (Å²) in [5.74, 6) is -0.772. The van der Waals surface area contributed by atoms with Crippen molar-refractivity contribution in [3.63, 3.8) is 0 Å². The Morgan fingerprint density at radius 2 is 1.90 bits per heavy atom. The van der Waals surface area contributed by atoms with Crippen LogP contribution in [0, 0.1) is 0 Å². The number of carbonyl (C=O) groups excluding carboxylic acids is 1. The van der Waals surface area contributed by atoms with Crippen LogP contribution in [0.1, 0.15) is 31.2 Å². The van der Waals surface area contributed by atoms with Gasteiger partial charge in [0.15, 0.2) is 0 Å². The first-order valence-corrected chi connectivity index (χ1v) is 6.97. The molecule has 1 saturated carbocycles. The third-order valence-corrected chi connectivity index (χ3v) is 3.88. The van der Waals surface area contributed by atoms with E-state index in [1.54, 1.807) is 24.3 Å². The molecule has 1 aliphatic rings. The van der Waals surface area contributed by atoms with E-state index in [0.29, 0.717) is 18.5 Å². The number of aliphatic carboxylic acids is 1. The van der Waals surface area contributed by atoms with Crippen molar-refractivity contribution in [1.29, 1.82) is 0 Å². The first-order chi connectivity index (χ1) is 10.1. The van der Waals surface area contributed by atoms with Crippen LogP contribution in [0.4, 0.5) is 10.5 Å². The summed E-state index contributed by atoms with van der Waals surface area (Å²) in [6.07, 6.45) is 4.11. The molecule has 0 unspecified atom stereocenters. The summed E-state index contributed by atoms with van der Waals surface area (Å²) in [7, 11) is 0. The molecule has 1 aromatic rings. The number of carboxylic acids is 1. The zero-order valence-corrected chi connectivity index (χ0v) is 11.8. The van der Waals surface area contributed by atoms with Gasteiger partial charge in [-0.3, -0.25) is 10.1 Å². The topological polar surface area (TPSA) is 75.6 Å². The van der Waals surface area contributed by atoms with E-state index in [2.05, 4.69) is 11.9 Å². The zero-order valence-electron chi connectivity index (χ0n) is 11.8. The van der Waals surface area contributed by atoms with Crippen molar-refractivity contribution in [2.75, 3.05) is 11.9 Å². The average Bonchev–Trinajstić information content (AvgIpc) is 2.97. The fourth-order valence-electron chi connectivity index (χ4n) is 2.77. The van der Waals surface area contributed by atoms with Crippen molar-refractivity contribution in [2.24, 2.45) is 0 Å². The molecule has 2 rings (SSSR count). The van der Waals surface area contributed by atoms with E-state index in [1.165, 1.54) is 6.08 Å². The van der Waals surface area contributed by atoms with Crippen molar-refractivity contribution in [2.45, 2.75) is 31.1 Å². The molecule has 0 atom stereocenters. The molecule has 5 nitrogen and oxygen atoms in total. The van der Waals surface area contributed by atoms with Crippen LogP contribution in [0.25, 0.3) is 0 Å². The maximum Gasteiger partial charge on any atom is 0.411 e. The van der Waals surface area contributed by atoms with Crippen LogP contribution in [-0.2, 0) is 14.9 Å². The fraction of sp³-hybridized carbons (Fsp3) is 0.375. The minimum absolute atomic E-state index is 0.145. The van der Waals surface area contributed by atoms with Crippen LogP contribution < -0.4 is 5.32 Å². The molecule has 1 aliphatic carbocycles. The first kappa shape index (κ1) is 15.1. The van der Waals surface area contributed by atoms with Gasteiger partial charge in [0.25, 0.3) is 0 Å². The lowest BCUT2D eigenvalue weighted by molar-refractivity contribution is -0.143. The lowest BCUT2D eigenvalue weighted by Gasteiger charge is -2.24. The molecule has 0 bridgehead atoms. The molecule has 0 saturated heterocycles. The molecule has 0 spiro atoms. The van der Waals surface area contributed by atoms with Gasteiger partial charge in [0, 0.05) is 5.69 Å². The van der Waals surface area contributed by atoms with Crippen molar-refractivity contribution < 1.29 is 19.4 Å². The maximum absolute atomic E-state index is 11.6. The van der Waals surface area contributed by atoms with E-state index in [1.807, 2.05) is 0 Å². The Hall–Kier alpha value is -2.30. The molecule has 0 heterocycles. The van der Waals surface area contributed by atoms with Crippen molar-refractivity contribution in [3.05, 3.63) is 42.5 Å². The van der Waals surface area contributed by atoms with Crippen LogP contribution in [0.15, 0.2) is 36.9 Å². The first-order valence-electron chi connectivity index (χ1n) is 6.97. The SMILES string of the molecule is C=CCOC(=O)Nc1ccc(C2(C(=O)O)CCCC2)cc1. The number of carboxylic acid groups (broad SMARTS) is 1. The van der Waals surface area contributed by atoms with E-state index in [9.17, 15) is 14.7 Å². The van der Waals surface area contributed by atoms with Crippen LogP contribution in [0.2, 0.25) is 0 Å². The molecule has 0 aliphatic heterocycles. The average molecular weight is 289 g/mol. The van der Waals surface area contributed by atoms with Gasteiger partial charge in [0.05, 0.1) is 5.41 Å². The molecule has 1 fully saturated rings. The van der Waals surface area contributed by atoms with Gasteiger partial charge in [0.2, 0.25) is 0 Å². The Kier molecular flexibility index (Phi) is 4.62. The second kappa shape index (κ2) is 6.43. The number of amides is 1. The molecule has 5 heteroatoms. The Morgan fingerprint density at radius 3 is 2.43 bits per heavy atom.